The molecular weight excluding hydrogens is 468 g/mol. The van der Waals surface area contributed by atoms with Crippen LogP contribution in [0.15, 0.2) is 53.0 Å². The van der Waals surface area contributed by atoms with Gasteiger partial charge in [-0.1, -0.05) is 36.4 Å². The Labute approximate surface area is 189 Å². The molecule has 0 unspecified atom stereocenters. The van der Waals surface area contributed by atoms with Crippen LogP contribution in [-0.2, 0) is 27.3 Å². The zero-order valence-corrected chi connectivity index (χ0v) is 18.7. The van der Waals surface area contributed by atoms with Crippen LogP contribution in [0.4, 0.5) is 0 Å². The predicted molar refractivity (Wildman–Crippen MR) is 118 cm³/mol. The van der Waals surface area contributed by atoms with Crippen LogP contribution in [0.5, 0.6) is 5.75 Å². The molecule has 0 aliphatic carbocycles. The fraction of sp³-hybridized carbons (Fsp3) is 0.318. The van der Waals surface area contributed by atoms with Crippen molar-refractivity contribution in [1.82, 2.24) is 9.80 Å². The second kappa shape index (κ2) is 12.1. The Kier molecular flexibility index (Phi) is 9.48. The van der Waals surface area contributed by atoms with Crippen LogP contribution in [0, 0.1) is 0 Å². The van der Waals surface area contributed by atoms with E-state index in [0.717, 1.165) is 48.5 Å². The average molecular weight is 493 g/mol. The lowest BCUT2D eigenvalue weighted by Gasteiger charge is -2.35. The van der Waals surface area contributed by atoms with Crippen LogP contribution in [0.2, 0.25) is 0 Å². The topological polar surface area (TPSA) is 107 Å². The Balaban J connectivity index is 0.000000501. The highest BCUT2D eigenvalue weighted by Crippen LogP contribution is 2.26. The molecule has 1 fully saturated rings. The van der Waals surface area contributed by atoms with Gasteiger partial charge in [-0.3, -0.25) is 9.69 Å². The second-order valence-electron chi connectivity index (χ2n) is 6.90. The van der Waals surface area contributed by atoms with E-state index in [2.05, 4.69) is 33.0 Å². The van der Waals surface area contributed by atoms with Gasteiger partial charge in [0.25, 0.3) is 0 Å². The SMILES string of the molecule is COc1ccc(CN2CCN(C(=O)Cc3ccccc3)CC2)cc1Br.O=C(O)C(=O)O. The molecule has 0 spiro atoms. The second-order valence-corrected chi connectivity index (χ2v) is 7.75. The number of rotatable bonds is 5. The van der Waals surface area contributed by atoms with Gasteiger partial charge < -0.3 is 19.8 Å². The van der Waals surface area contributed by atoms with E-state index in [4.69, 9.17) is 24.5 Å². The summed E-state index contributed by atoms with van der Waals surface area (Å²) in [5.74, 6) is -2.58. The van der Waals surface area contributed by atoms with Crippen molar-refractivity contribution in [1.29, 1.82) is 0 Å². The van der Waals surface area contributed by atoms with Crippen LogP contribution in [0.1, 0.15) is 11.1 Å². The third-order valence-corrected chi connectivity index (χ3v) is 5.35. The number of carbonyl (C=O) groups excluding carboxylic acids is 1. The number of methoxy groups -OCH3 is 1. The van der Waals surface area contributed by atoms with E-state index < -0.39 is 11.9 Å². The molecule has 9 heteroatoms. The largest absolute Gasteiger partial charge is 0.496 e. The minimum atomic E-state index is -1.82. The molecule has 166 valence electrons. The third kappa shape index (κ3) is 8.03. The summed E-state index contributed by atoms with van der Waals surface area (Å²) < 4.78 is 6.25. The predicted octanol–water partition coefficient (Wildman–Crippen LogP) is 2.50. The number of halogens is 1. The van der Waals surface area contributed by atoms with Gasteiger partial charge in [-0.15, -0.1) is 0 Å². The van der Waals surface area contributed by atoms with Crippen LogP contribution in [0.25, 0.3) is 0 Å². The lowest BCUT2D eigenvalue weighted by Crippen LogP contribution is -2.48. The molecule has 0 bridgehead atoms. The summed E-state index contributed by atoms with van der Waals surface area (Å²) in [7, 11) is 1.67. The van der Waals surface area contributed by atoms with Crippen LogP contribution in [-0.4, -0.2) is 71.1 Å². The number of benzene rings is 2. The Bertz CT molecular complexity index is 886. The van der Waals surface area contributed by atoms with Gasteiger partial charge in [0.05, 0.1) is 18.0 Å². The van der Waals surface area contributed by atoms with Crippen LogP contribution in [0.3, 0.4) is 0 Å². The molecular formula is C22H25BrN2O6. The maximum atomic E-state index is 12.4. The van der Waals surface area contributed by atoms with Crippen molar-refractivity contribution < 1.29 is 29.3 Å². The minimum Gasteiger partial charge on any atom is -0.496 e. The number of carbonyl (C=O) groups is 3. The molecule has 3 rings (SSSR count). The molecule has 1 aliphatic rings. The molecule has 0 saturated carbocycles. The van der Waals surface area contributed by atoms with Crippen molar-refractivity contribution in [2.45, 2.75) is 13.0 Å². The van der Waals surface area contributed by atoms with Crippen molar-refractivity contribution in [3.63, 3.8) is 0 Å². The van der Waals surface area contributed by atoms with Gasteiger partial charge in [0.15, 0.2) is 0 Å². The summed E-state index contributed by atoms with van der Waals surface area (Å²) in [6.45, 7) is 4.30. The Hall–Kier alpha value is -2.91. The van der Waals surface area contributed by atoms with E-state index in [1.54, 1.807) is 7.11 Å². The first-order chi connectivity index (χ1) is 14.8. The fourth-order valence-corrected chi connectivity index (χ4v) is 3.69. The standard InChI is InChI=1S/C20H23BrN2O2.C2H2O4/c1-25-19-8-7-17(13-18(19)21)15-22-9-11-23(12-10-22)20(24)14-16-5-3-2-4-6-16;3-1(4)2(5)6/h2-8,13H,9-12,14-15H2,1H3;(H,3,4)(H,5,6). The van der Waals surface area contributed by atoms with Gasteiger partial charge in [-0.25, -0.2) is 9.59 Å². The molecule has 0 atom stereocenters. The van der Waals surface area contributed by atoms with Crippen molar-refractivity contribution in [2.75, 3.05) is 33.3 Å². The van der Waals surface area contributed by atoms with E-state index in [9.17, 15) is 4.79 Å². The van der Waals surface area contributed by atoms with E-state index in [-0.39, 0.29) is 5.91 Å². The molecule has 2 N–H and O–H groups in total. The summed E-state index contributed by atoms with van der Waals surface area (Å²) in [5.41, 5.74) is 2.33. The van der Waals surface area contributed by atoms with Crippen molar-refractivity contribution in [3.05, 3.63) is 64.1 Å². The number of amides is 1. The highest BCUT2D eigenvalue weighted by atomic mass is 79.9. The number of hydrogen-bond donors (Lipinski definition) is 2. The zero-order valence-electron chi connectivity index (χ0n) is 17.2. The highest BCUT2D eigenvalue weighted by Gasteiger charge is 2.21. The van der Waals surface area contributed by atoms with E-state index in [0.29, 0.717) is 6.42 Å². The summed E-state index contributed by atoms with van der Waals surface area (Å²) >= 11 is 3.54. The van der Waals surface area contributed by atoms with E-state index >= 15 is 0 Å². The Morgan fingerprint density at radius 2 is 1.55 bits per heavy atom. The lowest BCUT2D eigenvalue weighted by atomic mass is 10.1. The first-order valence-corrected chi connectivity index (χ1v) is 10.4. The maximum Gasteiger partial charge on any atom is 0.414 e. The van der Waals surface area contributed by atoms with Crippen molar-refractivity contribution in [2.24, 2.45) is 0 Å². The quantitative estimate of drug-likeness (QED) is 0.617. The van der Waals surface area contributed by atoms with Crippen LogP contribution >= 0.6 is 15.9 Å². The summed E-state index contributed by atoms with van der Waals surface area (Å²) in [5, 5.41) is 14.8. The molecule has 2 aromatic carbocycles. The Morgan fingerprint density at radius 1 is 0.935 bits per heavy atom. The van der Waals surface area contributed by atoms with Gasteiger partial charge in [-0.05, 0) is 39.2 Å². The molecule has 1 heterocycles. The summed E-state index contributed by atoms with van der Waals surface area (Å²) in [6, 6.07) is 16.1. The Morgan fingerprint density at radius 3 is 2.06 bits per heavy atom. The van der Waals surface area contributed by atoms with Gasteiger partial charge in [0, 0.05) is 32.7 Å². The molecule has 1 amide bonds. The summed E-state index contributed by atoms with van der Waals surface area (Å²) in [6.07, 6.45) is 0.492. The number of aliphatic carboxylic acids is 2. The first kappa shape index (κ1) is 24.4. The number of ether oxygens (including phenoxy) is 1. The van der Waals surface area contributed by atoms with Gasteiger partial charge in [-0.2, -0.15) is 0 Å². The van der Waals surface area contributed by atoms with Crippen LogP contribution < -0.4 is 4.74 Å². The molecule has 31 heavy (non-hydrogen) atoms. The number of carboxylic acids is 2. The van der Waals surface area contributed by atoms with Crippen molar-refractivity contribution in [3.8, 4) is 5.75 Å². The smallest absolute Gasteiger partial charge is 0.414 e. The molecule has 1 saturated heterocycles. The van der Waals surface area contributed by atoms with Gasteiger partial charge >= 0.3 is 11.9 Å². The zero-order chi connectivity index (χ0) is 22.8. The monoisotopic (exact) mass is 492 g/mol. The van der Waals surface area contributed by atoms with Crippen molar-refractivity contribution >= 4 is 33.8 Å². The minimum absolute atomic E-state index is 0.220. The third-order valence-electron chi connectivity index (χ3n) is 4.73. The highest BCUT2D eigenvalue weighted by molar-refractivity contribution is 9.10. The van der Waals surface area contributed by atoms with E-state index in [1.807, 2.05) is 41.3 Å². The normalized spacial score (nSPS) is 13.7. The number of carboxylic acid groups (broad SMARTS) is 2. The average Bonchev–Trinajstić information content (AvgIpc) is 2.75. The number of nitrogens with zero attached hydrogens (tertiary/aromatic N) is 2. The lowest BCUT2D eigenvalue weighted by molar-refractivity contribution is -0.159. The molecule has 2 aromatic rings. The van der Waals surface area contributed by atoms with Gasteiger partial charge in [0.2, 0.25) is 5.91 Å². The fourth-order valence-electron chi connectivity index (χ4n) is 3.10. The molecule has 0 radical (unpaired) electrons. The molecule has 8 nitrogen and oxygen atoms in total. The van der Waals surface area contributed by atoms with E-state index in [1.165, 1.54) is 5.56 Å². The summed E-state index contributed by atoms with van der Waals surface area (Å²) in [4.78, 5) is 35.0. The first-order valence-electron chi connectivity index (χ1n) is 9.63. The molecule has 0 aromatic heterocycles. The number of piperazine rings is 1. The number of hydrogen-bond acceptors (Lipinski definition) is 5. The maximum absolute atomic E-state index is 12.4. The molecule has 1 aliphatic heterocycles. The van der Waals surface area contributed by atoms with Gasteiger partial charge in [0.1, 0.15) is 5.75 Å².